The Morgan fingerprint density at radius 1 is 1.31 bits per heavy atom. The molecule has 1 aromatic carbocycles. The van der Waals surface area contributed by atoms with E-state index in [-0.39, 0.29) is 6.04 Å². The Morgan fingerprint density at radius 3 is 2.31 bits per heavy atom. The van der Waals surface area contributed by atoms with Crippen molar-refractivity contribution in [3.05, 3.63) is 29.8 Å². The lowest BCUT2D eigenvalue weighted by molar-refractivity contribution is 0.556. The highest BCUT2D eigenvalue weighted by Crippen LogP contribution is 2.10. The Labute approximate surface area is 96.8 Å². The lowest BCUT2D eigenvalue weighted by atomic mass is 10.2. The predicted octanol–water partition coefficient (Wildman–Crippen LogP) is 0.527. The number of benzene rings is 1. The maximum Gasteiger partial charge on any atom is 0.175 e. The third-order valence-corrected chi connectivity index (χ3v) is 3.49. The molecule has 1 unspecified atom stereocenters. The van der Waals surface area contributed by atoms with Crippen LogP contribution in [0, 0.1) is 0 Å². The van der Waals surface area contributed by atoms with Crippen molar-refractivity contribution in [2.24, 2.45) is 5.73 Å². The molecule has 0 saturated carbocycles. The Hall–Kier alpha value is -0.910. The molecule has 1 aromatic rings. The van der Waals surface area contributed by atoms with Crippen LogP contribution in [0.1, 0.15) is 12.5 Å². The Kier molecular flexibility index (Phi) is 4.46. The average Bonchev–Trinajstić information content (AvgIpc) is 2.25. The molecule has 4 nitrogen and oxygen atoms in total. The smallest absolute Gasteiger partial charge is 0.175 e. The molecule has 1 rings (SSSR count). The Bertz CT molecular complexity index is 426. The highest BCUT2D eigenvalue weighted by Gasteiger charge is 2.06. The van der Waals surface area contributed by atoms with Gasteiger partial charge in [0.15, 0.2) is 9.84 Å². The fraction of sp³-hybridized carbons (Fsp3) is 0.455. The van der Waals surface area contributed by atoms with Gasteiger partial charge in [0.1, 0.15) is 0 Å². The van der Waals surface area contributed by atoms with Crippen molar-refractivity contribution >= 4 is 9.84 Å². The van der Waals surface area contributed by atoms with Crippen LogP contribution in [-0.2, 0) is 16.4 Å². The number of rotatable bonds is 5. The molecule has 0 aliphatic rings. The third kappa shape index (κ3) is 3.92. The van der Waals surface area contributed by atoms with Crippen LogP contribution in [-0.4, -0.2) is 27.3 Å². The molecular weight excluding hydrogens is 224 g/mol. The second-order valence-electron chi connectivity index (χ2n) is 3.93. The topological polar surface area (TPSA) is 72.2 Å². The summed E-state index contributed by atoms with van der Waals surface area (Å²) in [4.78, 5) is 0.350. The van der Waals surface area contributed by atoms with Gasteiger partial charge in [0.25, 0.3) is 0 Å². The molecule has 0 aromatic heterocycles. The van der Waals surface area contributed by atoms with Gasteiger partial charge >= 0.3 is 0 Å². The number of hydrogen-bond donors (Lipinski definition) is 2. The highest BCUT2D eigenvalue weighted by molar-refractivity contribution is 7.90. The molecule has 90 valence electrons. The van der Waals surface area contributed by atoms with Gasteiger partial charge in [-0.1, -0.05) is 12.1 Å². The van der Waals surface area contributed by atoms with Gasteiger partial charge in [0.05, 0.1) is 4.90 Å². The average molecular weight is 242 g/mol. The van der Waals surface area contributed by atoms with Crippen molar-refractivity contribution < 1.29 is 8.42 Å². The molecule has 0 saturated heterocycles. The maximum absolute atomic E-state index is 11.2. The molecule has 3 N–H and O–H groups in total. The number of hydrogen-bond acceptors (Lipinski definition) is 4. The first-order valence-corrected chi connectivity index (χ1v) is 7.05. The van der Waals surface area contributed by atoms with Gasteiger partial charge < -0.3 is 11.1 Å². The molecule has 0 aliphatic carbocycles. The minimum absolute atomic E-state index is 0.259. The lowest BCUT2D eigenvalue weighted by Crippen LogP contribution is -2.32. The van der Waals surface area contributed by atoms with E-state index in [1.165, 1.54) is 6.26 Å². The zero-order chi connectivity index (χ0) is 12.2. The number of nitrogens with one attached hydrogen (secondary N) is 1. The molecule has 0 aliphatic heterocycles. The zero-order valence-electron chi connectivity index (χ0n) is 9.60. The molecule has 0 heterocycles. The summed E-state index contributed by atoms with van der Waals surface area (Å²) in [6.45, 7) is 3.29. The van der Waals surface area contributed by atoms with Gasteiger partial charge in [-0.05, 0) is 24.6 Å². The third-order valence-electron chi connectivity index (χ3n) is 2.36. The monoisotopic (exact) mass is 242 g/mol. The largest absolute Gasteiger partial charge is 0.329 e. The summed E-state index contributed by atoms with van der Waals surface area (Å²) in [6, 6.07) is 7.13. The second kappa shape index (κ2) is 5.43. The van der Waals surface area contributed by atoms with E-state index in [1.807, 2.05) is 19.1 Å². The van der Waals surface area contributed by atoms with Gasteiger partial charge in [-0.2, -0.15) is 0 Å². The van der Waals surface area contributed by atoms with E-state index in [2.05, 4.69) is 5.32 Å². The van der Waals surface area contributed by atoms with E-state index in [1.54, 1.807) is 12.1 Å². The van der Waals surface area contributed by atoms with Gasteiger partial charge in [-0.15, -0.1) is 0 Å². The van der Waals surface area contributed by atoms with E-state index < -0.39 is 9.84 Å². The first-order valence-electron chi connectivity index (χ1n) is 5.16. The van der Waals surface area contributed by atoms with Gasteiger partial charge in [0, 0.05) is 25.4 Å². The van der Waals surface area contributed by atoms with Crippen molar-refractivity contribution in [2.45, 2.75) is 24.4 Å². The van der Waals surface area contributed by atoms with E-state index in [4.69, 9.17) is 5.73 Å². The minimum atomic E-state index is -3.10. The van der Waals surface area contributed by atoms with Gasteiger partial charge in [-0.3, -0.25) is 0 Å². The number of nitrogens with two attached hydrogens (primary N) is 1. The second-order valence-corrected chi connectivity index (χ2v) is 5.95. The normalized spacial score (nSPS) is 13.7. The van der Waals surface area contributed by atoms with Gasteiger partial charge in [-0.25, -0.2) is 8.42 Å². The summed E-state index contributed by atoms with van der Waals surface area (Å²) in [6.07, 6.45) is 1.21. The van der Waals surface area contributed by atoms with Crippen LogP contribution >= 0.6 is 0 Å². The molecule has 5 heteroatoms. The van der Waals surface area contributed by atoms with Crippen LogP contribution < -0.4 is 11.1 Å². The van der Waals surface area contributed by atoms with Crippen LogP contribution in [0.2, 0.25) is 0 Å². The SMILES string of the molecule is CC(CN)NCc1ccc(S(C)(=O)=O)cc1. The maximum atomic E-state index is 11.2. The van der Waals surface area contributed by atoms with E-state index in [0.29, 0.717) is 18.0 Å². The van der Waals surface area contributed by atoms with Crippen LogP contribution in [0.5, 0.6) is 0 Å². The molecule has 0 radical (unpaired) electrons. The molecule has 0 fully saturated rings. The van der Waals surface area contributed by atoms with Crippen LogP contribution in [0.15, 0.2) is 29.2 Å². The molecule has 0 bridgehead atoms. The summed E-state index contributed by atoms with van der Waals surface area (Å²) < 4.78 is 22.4. The summed E-state index contributed by atoms with van der Waals surface area (Å²) in [5.74, 6) is 0. The first kappa shape index (κ1) is 13.2. The summed E-state index contributed by atoms with van der Waals surface area (Å²) in [7, 11) is -3.10. The number of sulfone groups is 1. The van der Waals surface area contributed by atoms with E-state index in [0.717, 1.165) is 5.56 Å². The standard InChI is InChI=1S/C11H18N2O2S/c1-9(7-12)13-8-10-3-5-11(6-4-10)16(2,14)15/h3-6,9,13H,7-8,12H2,1-2H3. The quantitative estimate of drug-likeness (QED) is 0.790. The molecular formula is C11H18N2O2S. The first-order chi connectivity index (χ1) is 7.43. The van der Waals surface area contributed by atoms with Crippen LogP contribution in [0.25, 0.3) is 0 Å². The van der Waals surface area contributed by atoms with Crippen molar-refractivity contribution in [2.75, 3.05) is 12.8 Å². The molecule has 1 atom stereocenters. The predicted molar refractivity (Wildman–Crippen MR) is 64.9 cm³/mol. The minimum Gasteiger partial charge on any atom is -0.329 e. The fourth-order valence-corrected chi connectivity index (χ4v) is 1.86. The summed E-state index contributed by atoms with van der Waals surface area (Å²) in [5, 5.41) is 3.23. The van der Waals surface area contributed by atoms with Crippen molar-refractivity contribution in [3.8, 4) is 0 Å². The van der Waals surface area contributed by atoms with Crippen LogP contribution in [0.3, 0.4) is 0 Å². The summed E-state index contributed by atoms with van der Waals surface area (Å²) >= 11 is 0. The zero-order valence-corrected chi connectivity index (χ0v) is 10.4. The van der Waals surface area contributed by atoms with E-state index >= 15 is 0 Å². The highest BCUT2D eigenvalue weighted by atomic mass is 32.2. The van der Waals surface area contributed by atoms with Gasteiger partial charge in [0.2, 0.25) is 0 Å². The molecule has 0 amide bonds. The Balaban J connectivity index is 2.66. The Morgan fingerprint density at radius 2 is 1.88 bits per heavy atom. The summed E-state index contributed by atoms with van der Waals surface area (Å²) in [5.41, 5.74) is 6.52. The molecule has 16 heavy (non-hydrogen) atoms. The lowest BCUT2D eigenvalue weighted by Gasteiger charge is -2.11. The van der Waals surface area contributed by atoms with E-state index in [9.17, 15) is 8.42 Å². The van der Waals surface area contributed by atoms with Crippen molar-refractivity contribution in [1.29, 1.82) is 0 Å². The van der Waals surface area contributed by atoms with Crippen molar-refractivity contribution in [1.82, 2.24) is 5.32 Å². The van der Waals surface area contributed by atoms with Crippen LogP contribution in [0.4, 0.5) is 0 Å². The molecule has 0 spiro atoms. The fourth-order valence-electron chi connectivity index (χ4n) is 1.23. The van der Waals surface area contributed by atoms with Crippen molar-refractivity contribution in [3.63, 3.8) is 0 Å².